The van der Waals surface area contributed by atoms with E-state index in [1.54, 1.807) is 4.90 Å². The summed E-state index contributed by atoms with van der Waals surface area (Å²) in [7, 11) is 0. The number of carbonyl (C=O) groups excluding carboxylic acids is 1. The van der Waals surface area contributed by atoms with E-state index in [0.29, 0.717) is 12.5 Å². The number of nitrogens with zero attached hydrogens (tertiary/aromatic N) is 1. The zero-order valence-corrected chi connectivity index (χ0v) is 14.5. The Morgan fingerprint density at radius 1 is 1.12 bits per heavy atom. The van der Waals surface area contributed by atoms with Gasteiger partial charge in [-0.05, 0) is 43.4 Å². The van der Waals surface area contributed by atoms with Crippen LogP contribution < -0.4 is 5.32 Å². The first kappa shape index (κ1) is 18.3. The third-order valence-corrected chi connectivity index (χ3v) is 4.64. The molecule has 1 aliphatic carbocycles. The second kappa shape index (κ2) is 7.40. The van der Waals surface area contributed by atoms with Gasteiger partial charge in [0.05, 0.1) is 17.3 Å². The quantitative estimate of drug-likeness (QED) is 0.726. The normalized spacial score (nSPS) is 15.4. The first-order valence-electron chi connectivity index (χ1n) is 8.65. The van der Waals surface area contributed by atoms with Crippen molar-refractivity contribution in [3.8, 4) is 0 Å². The molecule has 0 heterocycles. The maximum atomic E-state index is 13.2. The minimum Gasteiger partial charge on any atom is -0.317 e. The monoisotopic (exact) mass is 362 g/mol. The van der Waals surface area contributed by atoms with Crippen LogP contribution in [0.5, 0.6) is 0 Å². The van der Waals surface area contributed by atoms with Crippen molar-refractivity contribution < 1.29 is 18.0 Å². The van der Waals surface area contributed by atoms with E-state index in [2.05, 4.69) is 5.32 Å². The van der Waals surface area contributed by atoms with Gasteiger partial charge in [0, 0.05) is 6.54 Å². The molecule has 0 saturated heterocycles. The number of nitrogens with one attached hydrogen (secondary N) is 1. The molecule has 2 aromatic carbocycles. The fraction of sp³-hybridized carbons (Fsp3) is 0.350. The zero-order chi connectivity index (χ0) is 18.7. The van der Waals surface area contributed by atoms with Gasteiger partial charge in [-0.2, -0.15) is 13.2 Å². The fourth-order valence-corrected chi connectivity index (χ4v) is 2.93. The van der Waals surface area contributed by atoms with Gasteiger partial charge in [0.1, 0.15) is 0 Å². The van der Waals surface area contributed by atoms with Crippen LogP contribution in [0.2, 0.25) is 0 Å². The molecule has 0 radical (unpaired) electrons. The van der Waals surface area contributed by atoms with Crippen LogP contribution >= 0.6 is 0 Å². The second-order valence-corrected chi connectivity index (χ2v) is 6.66. The molecule has 1 atom stereocenters. The number of hydrogen-bond donors (Lipinski definition) is 1. The molecular formula is C20H21F3N2O. The summed E-state index contributed by atoms with van der Waals surface area (Å²) in [5.41, 5.74) is -0.106. The van der Waals surface area contributed by atoms with Gasteiger partial charge in [-0.1, -0.05) is 42.5 Å². The lowest BCUT2D eigenvalue weighted by molar-refractivity contribution is -0.136. The number of benzene rings is 2. The Morgan fingerprint density at radius 3 is 2.35 bits per heavy atom. The van der Waals surface area contributed by atoms with Crippen molar-refractivity contribution in [3.63, 3.8) is 0 Å². The average Bonchev–Trinajstić information content (AvgIpc) is 3.43. The summed E-state index contributed by atoms with van der Waals surface area (Å²) in [6.07, 6.45) is -2.43. The molecule has 1 N–H and O–H groups in total. The molecule has 0 bridgehead atoms. The zero-order valence-electron chi connectivity index (χ0n) is 14.5. The Kier molecular flexibility index (Phi) is 5.20. The summed E-state index contributed by atoms with van der Waals surface area (Å²) in [4.78, 5) is 14.4. The number of hydrogen-bond acceptors (Lipinski definition) is 1. The second-order valence-electron chi connectivity index (χ2n) is 6.66. The Hall–Kier alpha value is -2.50. The Morgan fingerprint density at radius 2 is 1.73 bits per heavy atom. The lowest BCUT2D eigenvalue weighted by Gasteiger charge is -2.30. The highest BCUT2D eigenvalue weighted by molar-refractivity contribution is 5.90. The number of alkyl halides is 3. The van der Waals surface area contributed by atoms with E-state index in [9.17, 15) is 18.0 Å². The van der Waals surface area contributed by atoms with Crippen LogP contribution in [0.1, 0.15) is 36.9 Å². The van der Waals surface area contributed by atoms with Gasteiger partial charge >= 0.3 is 12.2 Å². The van der Waals surface area contributed by atoms with Gasteiger partial charge in [0.2, 0.25) is 0 Å². The number of rotatable bonds is 5. The van der Waals surface area contributed by atoms with Crippen LogP contribution in [0.15, 0.2) is 54.6 Å². The minimum atomic E-state index is -4.52. The molecule has 3 nitrogen and oxygen atoms in total. The predicted octanol–water partition coefficient (Wildman–Crippen LogP) is 5.71. The van der Waals surface area contributed by atoms with Gasteiger partial charge < -0.3 is 10.2 Å². The maximum Gasteiger partial charge on any atom is 0.418 e. The Labute approximate surface area is 150 Å². The van der Waals surface area contributed by atoms with Gasteiger partial charge in [-0.25, -0.2) is 4.79 Å². The van der Waals surface area contributed by atoms with Gasteiger partial charge in [-0.3, -0.25) is 0 Å². The summed E-state index contributed by atoms with van der Waals surface area (Å²) in [6, 6.07) is 13.8. The van der Waals surface area contributed by atoms with Crippen molar-refractivity contribution in [2.24, 2.45) is 5.92 Å². The first-order valence-corrected chi connectivity index (χ1v) is 8.65. The van der Waals surface area contributed by atoms with Gasteiger partial charge in [0.25, 0.3) is 0 Å². The van der Waals surface area contributed by atoms with Crippen LogP contribution in [0.3, 0.4) is 0 Å². The number of carbonyl (C=O) groups is 1. The SMILES string of the molecule is CC(c1ccccc1)N(CC1CC1)C(=O)Nc1ccccc1C(F)(F)F. The lowest BCUT2D eigenvalue weighted by Crippen LogP contribution is -2.38. The molecule has 138 valence electrons. The van der Waals surface area contributed by atoms with Crippen LogP contribution in [0.25, 0.3) is 0 Å². The van der Waals surface area contributed by atoms with Crippen LogP contribution in [-0.2, 0) is 6.18 Å². The number of para-hydroxylation sites is 1. The molecule has 6 heteroatoms. The van der Waals surface area contributed by atoms with Crippen molar-refractivity contribution >= 4 is 11.7 Å². The largest absolute Gasteiger partial charge is 0.418 e. The number of anilines is 1. The summed E-state index contributed by atoms with van der Waals surface area (Å²) < 4.78 is 39.5. The van der Waals surface area contributed by atoms with E-state index in [0.717, 1.165) is 24.5 Å². The first-order chi connectivity index (χ1) is 12.4. The van der Waals surface area contributed by atoms with E-state index in [-0.39, 0.29) is 11.7 Å². The van der Waals surface area contributed by atoms with Crippen molar-refractivity contribution in [2.75, 3.05) is 11.9 Å². The smallest absolute Gasteiger partial charge is 0.317 e. The molecule has 1 unspecified atom stereocenters. The molecule has 2 aromatic rings. The third-order valence-electron chi connectivity index (χ3n) is 4.64. The third kappa shape index (κ3) is 4.36. The Bertz CT molecular complexity index is 757. The standard InChI is InChI=1S/C20H21F3N2O/c1-14(16-7-3-2-4-8-16)25(13-15-11-12-15)19(26)24-18-10-6-5-9-17(18)20(21,22)23/h2-10,14-15H,11-13H2,1H3,(H,24,26). The lowest BCUT2D eigenvalue weighted by atomic mass is 10.1. The molecule has 26 heavy (non-hydrogen) atoms. The molecule has 3 rings (SSSR count). The average molecular weight is 362 g/mol. The molecule has 2 amide bonds. The van der Waals surface area contributed by atoms with E-state index >= 15 is 0 Å². The fourth-order valence-electron chi connectivity index (χ4n) is 2.93. The van der Waals surface area contributed by atoms with Crippen LogP contribution in [-0.4, -0.2) is 17.5 Å². The highest BCUT2D eigenvalue weighted by Crippen LogP contribution is 2.36. The van der Waals surface area contributed by atoms with Crippen LogP contribution in [0, 0.1) is 5.92 Å². The number of halogens is 3. The number of amides is 2. The summed E-state index contributed by atoms with van der Waals surface area (Å²) in [5, 5.41) is 2.47. The highest BCUT2D eigenvalue weighted by atomic mass is 19.4. The minimum absolute atomic E-state index is 0.217. The van der Waals surface area contributed by atoms with Crippen molar-refractivity contribution in [2.45, 2.75) is 32.0 Å². The molecule has 0 aromatic heterocycles. The topological polar surface area (TPSA) is 32.3 Å². The summed E-state index contributed by atoms with van der Waals surface area (Å²) in [5.74, 6) is 0.421. The van der Waals surface area contributed by atoms with E-state index in [1.807, 2.05) is 37.3 Å². The van der Waals surface area contributed by atoms with E-state index in [4.69, 9.17) is 0 Å². The van der Waals surface area contributed by atoms with Crippen molar-refractivity contribution in [1.82, 2.24) is 4.90 Å². The van der Waals surface area contributed by atoms with Gasteiger partial charge in [-0.15, -0.1) is 0 Å². The van der Waals surface area contributed by atoms with Crippen LogP contribution in [0.4, 0.5) is 23.7 Å². The molecule has 1 fully saturated rings. The molecule has 1 aliphatic rings. The highest BCUT2D eigenvalue weighted by Gasteiger charge is 2.35. The van der Waals surface area contributed by atoms with Crippen molar-refractivity contribution in [3.05, 3.63) is 65.7 Å². The maximum absolute atomic E-state index is 13.2. The summed E-state index contributed by atoms with van der Waals surface area (Å²) >= 11 is 0. The molecular weight excluding hydrogens is 341 g/mol. The Balaban J connectivity index is 1.83. The number of urea groups is 1. The summed E-state index contributed by atoms with van der Waals surface area (Å²) in [6.45, 7) is 2.43. The molecule has 1 saturated carbocycles. The van der Waals surface area contributed by atoms with Crippen molar-refractivity contribution in [1.29, 1.82) is 0 Å². The predicted molar refractivity (Wildman–Crippen MR) is 94.7 cm³/mol. The molecule has 0 spiro atoms. The van der Waals surface area contributed by atoms with Gasteiger partial charge in [0.15, 0.2) is 0 Å². The molecule has 0 aliphatic heterocycles. The van der Waals surface area contributed by atoms with E-state index in [1.165, 1.54) is 18.2 Å². The van der Waals surface area contributed by atoms with E-state index < -0.39 is 17.8 Å².